The fraction of sp³-hybridized carbons (Fsp3) is 0.931. The lowest BCUT2D eigenvalue weighted by atomic mass is 10.0. The van der Waals surface area contributed by atoms with E-state index in [4.69, 9.17) is 9.47 Å². The Hall–Kier alpha value is -1.06. The summed E-state index contributed by atoms with van der Waals surface area (Å²) < 4.78 is 10.6. The van der Waals surface area contributed by atoms with Crippen molar-refractivity contribution in [2.75, 3.05) is 13.2 Å². The van der Waals surface area contributed by atoms with Gasteiger partial charge in [0.05, 0.1) is 26.1 Å². The smallest absolute Gasteiger partial charge is 0.306 e. The maximum absolute atomic E-state index is 11.8. The second kappa shape index (κ2) is 25.6. The van der Waals surface area contributed by atoms with Gasteiger partial charge < -0.3 is 9.47 Å². The topological polar surface area (TPSA) is 52.6 Å². The Morgan fingerprint density at radius 1 is 0.545 bits per heavy atom. The average molecular weight is 469 g/mol. The number of carbonyl (C=O) groups excluding carboxylic acids is 2. The highest BCUT2D eigenvalue weighted by molar-refractivity contribution is 5.77. The van der Waals surface area contributed by atoms with E-state index in [0.29, 0.717) is 19.1 Å². The first-order valence-electron chi connectivity index (χ1n) is 14.4. The summed E-state index contributed by atoms with van der Waals surface area (Å²) >= 11 is 0. The maximum Gasteiger partial charge on any atom is 0.306 e. The van der Waals surface area contributed by atoms with Gasteiger partial charge in [0.15, 0.2) is 0 Å². The van der Waals surface area contributed by atoms with Gasteiger partial charge in [-0.3, -0.25) is 9.59 Å². The van der Waals surface area contributed by atoms with Crippen LogP contribution in [0.15, 0.2) is 0 Å². The standard InChI is InChI=1S/C29H56O4/c1-4-7-9-10-11-12-13-14-15-16-17-18-19-20-21-25-32-28(30)23-24-29(31)33-26-27(6-3)22-8-5-2/h27H,4-26H2,1-3H3. The van der Waals surface area contributed by atoms with Gasteiger partial charge in [-0.25, -0.2) is 0 Å². The molecule has 0 spiro atoms. The van der Waals surface area contributed by atoms with E-state index in [1.807, 2.05) is 0 Å². The van der Waals surface area contributed by atoms with Crippen LogP contribution in [0.3, 0.4) is 0 Å². The molecule has 0 rings (SSSR count). The predicted molar refractivity (Wildman–Crippen MR) is 139 cm³/mol. The molecule has 0 bridgehead atoms. The van der Waals surface area contributed by atoms with E-state index in [2.05, 4.69) is 20.8 Å². The number of ether oxygens (including phenoxy) is 2. The van der Waals surface area contributed by atoms with Gasteiger partial charge in [-0.1, -0.05) is 130 Å². The largest absolute Gasteiger partial charge is 0.466 e. The molecule has 0 aromatic carbocycles. The van der Waals surface area contributed by atoms with Crippen LogP contribution in [0, 0.1) is 5.92 Å². The molecule has 196 valence electrons. The Labute approximate surface area is 206 Å². The molecular formula is C29H56O4. The molecular weight excluding hydrogens is 412 g/mol. The van der Waals surface area contributed by atoms with Gasteiger partial charge in [0.1, 0.15) is 0 Å². The quantitative estimate of drug-likeness (QED) is 0.0991. The molecule has 4 heteroatoms. The molecule has 0 aliphatic rings. The number of carbonyl (C=O) groups is 2. The van der Waals surface area contributed by atoms with Gasteiger partial charge in [0, 0.05) is 0 Å². The minimum absolute atomic E-state index is 0.127. The molecule has 0 aromatic rings. The average Bonchev–Trinajstić information content (AvgIpc) is 2.82. The summed E-state index contributed by atoms with van der Waals surface area (Å²) in [6, 6.07) is 0. The minimum atomic E-state index is -0.283. The van der Waals surface area contributed by atoms with E-state index in [0.717, 1.165) is 32.1 Å². The zero-order valence-electron chi connectivity index (χ0n) is 22.5. The van der Waals surface area contributed by atoms with E-state index >= 15 is 0 Å². The summed E-state index contributed by atoms with van der Waals surface area (Å²) in [6.45, 7) is 7.52. The second-order valence-electron chi connectivity index (χ2n) is 9.77. The molecule has 0 aliphatic heterocycles. The summed E-state index contributed by atoms with van der Waals surface area (Å²) in [7, 11) is 0. The Balaban J connectivity index is 3.38. The van der Waals surface area contributed by atoms with Gasteiger partial charge in [-0.05, 0) is 18.8 Å². The van der Waals surface area contributed by atoms with Crippen molar-refractivity contribution in [3.63, 3.8) is 0 Å². The number of hydrogen-bond acceptors (Lipinski definition) is 4. The lowest BCUT2D eigenvalue weighted by Crippen LogP contribution is -2.15. The zero-order chi connectivity index (χ0) is 24.4. The van der Waals surface area contributed by atoms with Crippen molar-refractivity contribution < 1.29 is 19.1 Å². The number of esters is 2. The fourth-order valence-electron chi connectivity index (χ4n) is 4.12. The first kappa shape index (κ1) is 31.9. The van der Waals surface area contributed by atoms with Crippen molar-refractivity contribution >= 4 is 11.9 Å². The Morgan fingerprint density at radius 2 is 0.970 bits per heavy atom. The lowest BCUT2D eigenvalue weighted by molar-refractivity contribution is -0.151. The molecule has 4 nitrogen and oxygen atoms in total. The van der Waals surface area contributed by atoms with Crippen molar-refractivity contribution in [1.82, 2.24) is 0 Å². The molecule has 0 fully saturated rings. The molecule has 0 aromatic heterocycles. The van der Waals surface area contributed by atoms with Gasteiger partial charge in [0.2, 0.25) is 0 Å². The molecule has 1 unspecified atom stereocenters. The molecule has 0 amide bonds. The summed E-state index contributed by atoms with van der Waals surface area (Å²) in [5, 5.41) is 0. The third-order valence-electron chi connectivity index (χ3n) is 6.57. The van der Waals surface area contributed by atoms with Crippen LogP contribution >= 0.6 is 0 Å². The van der Waals surface area contributed by atoms with Crippen LogP contribution < -0.4 is 0 Å². The zero-order valence-corrected chi connectivity index (χ0v) is 22.5. The third-order valence-corrected chi connectivity index (χ3v) is 6.57. The molecule has 1 atom stereocenters. The Morgan fingerprint density at radius 3 is 1.42 bits per heavy atom. The van der Waals surface area contributed by atoms with Crippen molar-refractivity contribution in [2.24, 2.45) is 5.92 Å². The molecule has 0 N–H and O–H groups in total. The van der Waals surface area contributed by atoms with E-state index in [9.17, 15) is 9.59 Å². The number of hydrogen-bond donors (Lipinski definition) is 0. The highest BCUT2D eigenvalue weighted by atomic mass is 16.5. The first-order valence-corrected chi connectivity index (χ1v) is 14.4. The van der Waals surface area contributed by atoms with Gasteiger partial charge >= 0.3 is 11.9 Å². The van der Waals surface area contributed by atoms with Crippen LogP contribution in [0.4, 0.5) is 0 Å². The highest BCUT2D eigenvalue weighted by Crippen LogP contribution is 2.14. The second-order valence-corrected chi connectivity index (χ2v) is 9.77. The van der Waals surface area contributed by atoms with Crippen molar-refractivity contribution in [3.05, 3.63) is 0 Å². The summed E-state index contributed by atoms with van der Waals surface area (Å²) in [6.07, 6.45) is 24.5. The normalized spacial score (nSPS) is 12.0. The van der Waals surface area contributed by atoms with Crippen LogP contribution in [-0.4, -0.2) is 25.2 Å². The van der Waals surface area contributed by atoms with Gasteiger partial charge in [-0.2, -0.15) is 0 Å². The van der Waals surface area contributed by atoms with Crippen LogP contribution in [0.2, 0.25) is 0 Å². The van der Waals surface area contributed by atoms with E-state index < -0.39 is 0 Å². The van der Waals surface area contributed by atoms with Gasteiger partial charge in [-0.15, -0.1) is 0 Å². The van der Waals surface area contributed by atoms with Crippen LogP contribution in [0.25, 0.3) is 0 Å². The molecule has 0 radical (unpaired) electrons. The van der Waals surface area contributed by atoms with Crippen LogP contribution in [0.5, 0.6) is 0 Å². The van der Waals surface area contributed by atoms with Crippen molar-refractivity contribution in [1.29, 1.82) is 0 Å². The number of rotatable bonds is 25. The Kier molecular flexibility index (Phi) is 24.7. The summed E-state index contributed by atoms with van der Waals surface area (Å²) in [4.78, 5) is 23.6. The van der Waals surface area contributed by atoms with E-state index in [1.54, 1.807) is 0 Å². The molecule has 0 heterocycles. The van der Waals surface area contributed by atoms with Crippen LogP contribution in [0.1, 0.15) is 156 Å². The maximum atomic E-state index is 11.8. The van der Waals surface area contributed by atoms with Crippen LogP contribution in [-0.2, 0) is 19.1 Å². The number of unbranched alkanes of at least 4 members (excludes halogenated alkanes) is 15. The molecule has 33 heavy (non-hydrogen) atoms. The SMILES string of the molecule is CCCCCCCCCCCCCCCCCOC(=O)CCC(=O)OCC(CC)CCCC. The molecule has 0 aliphatic carbocycles. The first-order chi connectivity index (χ1) is 16.1. The minimum Gasteiger partial charge on any atom is -0.466 e. The third kappa shape index (κ3) is 23.9. The Bertz CT molecular complexity index is 435. The fourth-order valence-corrected chi connectivity index (χ4v) is 4.12. The van der Waals surface area contributed by atoms with E-state index in [1.165, 1.54) is 89.9 Å². The highest BCUT2D eigenvalue weighted by Gasteiger charge is 2.12. The summed E-state index contributed by atoms with van der Waals surface area (Å²) in [5.41, 5.74) is 0. The predicted octanol–water partition coefficient (Wildman–Crippen LogP) is 8.94. The van der Waals surface area contributed by atoms with E-state index in [-0.39, 0.29) is 24.8 Å². The van der Waals surface area contributed by atoms with Crippen molar-refractivity contribution in [2.45, 2.75) is 156 Å². The monoisotopic (exact) mass is 468 g/mol. The lowest BCUT2D eigenvalue weighted by Gasteiger charge is -2.14. The molecule has 0 saturated heterocycles. The van der Waals surface area contributed by atoms with Crippen molar-refractivity contribution in [3.8, 4) is 0 Å². The van der Waals surface area contributed by atoms with Gasteiger partial charge in [0.25, 0.3) is 0 Å². The summed E-state index contributed by atoms with van der Waals surface area (Å²) in [5.74, 6) is -0.129. The molecule has 0 saturated carbocycles.